The molecule has 0 atom stereocenters. The molecule has 0 aliphatic carbocycles. The van der Waals surface area contributed by atoms with Gasteiger partial charge >= 0.3 is 0 Å². The topological polar surface area (TPSA) is 42.9 Å². The quantitative estimate of drug-likeness (QED) is 0.777. The number of hydrogen-bond donors (Lipinski definition) is 0. The molecular weight excluding hydrogens is 252 g/mol. The van der Waals surface area contributed by atoms with Crippen LogP contribution >= 0.6 is 22.7 Å². The van der Waals surface area contributed by atoms with Crippen molar-refractivity contribution in [2.45, 2.75) is 33.1 Å². The molecule has 2 aromatic heterocycles. The number of rotatable bonds is 2. The van der Waals surface area contributed by atoms with E-state index in [4.69, 9.17) is 0 Å². The number of nitrogens with zero attached hydrogens (tertiary/aromatic N) is 2. The van der Waals surface area contributed by atoms with Crippen LogP contribution in [0.3, 0.4) is 0 Å². The molecule has 3 nitrogen and oxygen atoms in total. The van der Waals surface area contributed by atoms with Crippen LogP contribution in [0.1, 0.15) is 43.2 Å². The molecule has 2 aromatic rings. The molecule has 5 heteroatoms. The smallest absolute Gasteiger partial charge is 0.178 e. The van der Waals surface area contributed by atoms with Crippen molar-refractivity contribution < 1.29 is 4.79 Å². The van der Waals surface area contributed by atoms with E-state index in [1.165, 1.54) is 18.3 Å². The highest BCUT2D eigenvalue weighted by Gasteiger charge is 2.19. The van der Waals surface area contributed by atoms with Crippen LogP contribution < -0.4 is 0 Å². The summed E-state index contributed by atoms with van der Waals surface area (Å²) in [6, 6.07) is 0. The Balaban J connectivity index is 2.34. The van der Waals surface area contributed by atoms with Crippen molar-refractivity contribution in [2.75, 3.05) is 0 Å². The van der Waals surface area contributed by atoms with Crippen LogP contribution in [-0.2, 0) is 5.41 Å². The first kappa shape index (κ1) is 12.4. The van der Waals surface area contributed by atoms with Crippen LogP contribution in [0.4, 0.5) is 0 Å². The van der Waals surface area contributed by atoms with Crippen LogP contribution in [0.15, 0.2) is 10.8 Å². The first-order chi connectivity index (χ1) is 7.88. The molecule has 90 valence electrons. The highest BCUT2D eigenvalue weighted by molar-refractivity contribution is 7.14. The molecule has 0 aliphatic heterocycles. The zero-order valence-corrected chi connectivity index (χ0v) is 11.9. The average molecular weight is 266 g/mol. The van der Waals surface area contributed by atoms with E-state index in [2.05, 4.69) is 30.7 Å². The standard InChI is InChI=1S/C12H14N2OS2/c1-7(15)8-5-16-10(13-8)9-6-17-11(14-9)12(2,3)4/h5-6H,1-4H3. The Kier molecular flexibility index (Phi) is 3.14. The molecular formula is C12H14N2OS2. The predicted octanol–water partition coefficient (Wildman–Crippen LogP) is 3.77. The van der Waals surface area contributed by atoms with Gasteiger partial charge in [0, 0.05) is 23.1 Å². The minimum Gasteiger partial charge on any atom is -0.293 e. The van der Waals surface area contributed by atoms with Gasteiger partial charge in [-0.3, -0.25) is 4.79 Å². The Hall–Kier alpha value is -1.07. The van der Waals surface area contributed by atoms with Gasteiger partial charge in [-0.2, -0.15) is 0 Å². The average Bonchev–Trinajstić information content (AvgIpc) is 2.85. The van der Waals surface area contributed by atoms with Gasteiger partial charge in [-0.05, 0) is 0 Å². The highest BCUT2D eigenvalue weighted by atomic mass is 32.1. The van der Waals surface area contributed by atoms with Crippen molar-refractivity contribution in [3.05, 3.63) is 21.5 Å². The number of aromatic nitrogens is 2. The van der Waals surface area contributed by atoms with Crippen LogP contribution in [0.5, 0.6) is 0 Å². The fraction of sp³-hybridized carbons (Fsp3) is 0.417. The molecule has 0 N–H and O–H groups in total. The third-order valence-electron chi connectivity index (χ3n) is 2.23. The Bertz CT molecular complexity index is 549. The summed E-state index contributed by atoms with van der Waals surface area (Å²) in [5.41, 5.74) is 1.46. The SMILES string of the molecule is CC(=O)c1csc(-c2csc(C(C)(C)C)n2)n1. The molecule has 0 radical (unpaired) electrons. The van der Waals surface area contributed by atoms with Crippen LogP contribution in [0.2, 0.25) is 0 Å². The second kappa shape index (κ2) is 4.31. The van der Waals surface area contributed by atoms with Gasteiger partial charge in [0.1, 0.15) is 16.4 Å². The number of carbonyl (C=O) groups excluding carboxylic acids is 1. The Morgan fingerprint density at radius 1 is 1.18 bits per heavy atom. The number of carbonyl (C=O) groups is 1. The van der Waals surface area contributed by atoms with Crippen molar-refractivity contribution in [1.29, 1.82) is 0 Å². The number of hydrogen-bond acceptors (Lipinski definition) is 5. The van der Waals surface area contributed by atoms with Gasteiger partial charge < -0.3 is 0 Å². The second-order valence-corrected chi connectivity index (χ2v) is 6.60. The zero-order valence-electron chi connectivity index (χ0n) is 10.3. The number of Topliss-reactive ketones (excluding diaryl/α,β-unsaturated/α-hetero) is 1. The fourth-order valence-electron chi connectivity index (χ4n) is 1.27. The van der Waals surface area contributed by atoms with Gasteiger partial charge in [0.2, 0.25) is 0 Å². The van der Waals surface area contributed by atoms with Gasteiger partial charge in [0.25, 0.3) is 0 Å². The summed E-state index contributed by atoms with van der Waals surface area (Å²) in [4.78, 5) is 20.0. The van der Waals surface area contributed by atoms with Crippen molar-refractivity contribution in [1.82, 2.24) is 9.97 Å². The molecule has 2 rings (SSSR count). The Morgan fingerprint density at radius 3 is 2.35 bits per heavy atom. The largest absolute Gasteiger partial charge is 0.293 e. The van der Waals surface area contributed by atoms with Gasteiger partial charge in [-0.25, -0.2) is 9.97 Å². The van der Waals surface area contributed by atoms with E-state index in [0.717, 1.165) is 15.7 Å². The lowest BCUT2D eigenvalue weighted by Crippen LogP contribution is -2.10. The Labute approximate surface area is 109 Å². The van der Waals surface area contributed by atoms with Gasteiger partial charge in [0.05, 0.1) is 5.01 Å². The third kappa shape index (κ3) is 2.61. The fourth-order valence-corrected chi connectivity index (χ4v) is 3.05. The third-order valence-corrected chi connectivity index (χ3v) is 4.36. The summed E-state index contributed by atoms with van der Waals surface area (Å²) in [5.74, 6) is -0.00113. The highest BCUT2D eigenvalue weighted by Crippen LogP contribution is 2.31. The summed E-state index contributed by atoms with van der Waals surface area (Å²) in [5, 5.41) is 5.70. The van der Waals surface area contributed by atoms with E-state index in [-0.39, 0.29) is 11.2 Å². The lowest BCUT2D eigenvalue weighted by atomic mass is 9.98. The summed E-state index contributed by atoms with van der Waals surface area (Å²) < 4.78 is 0. The molecule has 0 amide bonds. The summed E-state index contributed by atoms with van der Waals surface area (Å²) in [6.07, 6.45) is 0. The summed E-state index contributed by atoms with van der Waals surface area (Å²) in [7, 11) is 0. The van der Waals surface area contributed by atoms with Crippen molar-refractivity contribution in [3.8, 4) is 10.7 Å². The minimum atomic E-state index is -0.00113. The second-order valence-electron chi connectivity index (χ2n) is 4.88. The predicted molar refractivity (Wildman–Crippen MR) is 71.9 cm³/mol. The molecule has 17 heavy (non-hydrogen) atoms. The number of thiazole rings is 2. The van der Waals surface area contributed by atoms with Crippen molar-refractivity contribution >= 4 is 28.5 Å². The van der Waals surface area contributed by atoms with Crippen molar-refractivity contribution in [2.24, 2.45) is 0 Å². The van der Waals surface area contributed by atoms with E-state index in [0.29, 0.717) is 5.69 Å². The molecule has 0 unspecified atom stereocenters. The van der Waals surface area contributed by atoms with Crippen LogP contribution in [0.25, 0.3) is 10.7 Å². The maximum absolute atomic E-state index is 11.2. The molecule has 0 fully saturated rings. The molecule has 0 aromatic carbocycles. The van der Waals surface area contributed by atoms with E-state index in [1.807, 2.05) is 5.38 Å². The zero-order chi connectivity index (χ0) is 12.6. The first-order valence-electron chi connectivity index (χ1n) is 5.31. The molecule has 2 heterocycles. The monoisotopic (exact) mass is 266 g/mol. The maximum atomic E-state index is 11.2. The molecule has 0 bridgehead atoms. The minimum absolute atomic E-state index is 0.00113. The summed E-state index contributed by atoms with van der Waals surface area (Å²) >= 11 is 3.11. The summed E-state index contributed by atoms with van der Waals surface area (Å²) in [6.45, 7) is 7.94. The molecule has 0 saturated carbocycles. The lowest BCUT2D eigenvalue weighted by molar-refractivity contribution is 0.101. The molecule has 0 aliphatic rings. The van der Waals surface area contributed by atoms with E-state index < -0.39 is 0 Å². The van der Waals surface area contributed by atoms with Crippen molar-refractivity contribution in [3.63, 3.8) is 0 Å². The van der Waals surface area contributed by atoms with E-state index in [9.17, 15) is 4.79 Å². The van der Waals surface area contributed by atoms with Gasteiger partial charge in [0.15, 0.2) is 5.78 Å². The maximum Gasteiger partial charge on any atom is 0.178 e. The molecule has 0 saturated heterocycles. The molecule has 0 spiro atoms. The number of ketones is 1. The van der Waals surface area contributed by atoms with Gasteiger partial charge in [-0.15, -0.1) is 22.7 Å². The van der Waals surface area contributed by atoms with E-state index in [1.54, 1.807) is 16.7 Å². The first-order valence-corrected chi connectivity index (χ1v) is 7.06. The van der Waals surface area contributed by atoms with E-state index >= 15 is 0 Å². The van der Waals surface area contributed by atoms with Crippen LogP contribution in [0, 0.1) is 0 Å². The normalized spacial score (nSPS) is 11.8. The van der Waals surface area contributed by atoms with Gasteiger partial charge in [-0.1, -0.05) is 20.8 Å². The van der Waals surface area contributed by atoms with Crippen LogP contribution in [-0.4, -0.2) is 15.8 Å². The lowest BCUT2D eigenvalue weighted by Gasteiger charge is -2.13. The Morgan fingerprint density at radius 2 is 1.88 bits per heavy atom.